The molecule has 0 radical (unpaired) electrons. The number of methoxy groups -OCH3 is 1. The van der Waals surface area contributed by atoms with Crippen molar-refractivity contribution in [1.29, 1.82) is 0 Å². The number of hydrogen-bond acceptors (Lipinski definition) is 2. The number of hydrogen-bond donors (Lipinski definition) is 1. The minimum atomic E-state index is -1.25. The molecule has 0 saturated heterocycles. The van der Waals surface area contributed by atoms with Gasteiger partial charge in [-0.3, -0.25) is 0 Å². The van der Waals surface area contributed by atoms with E-state index in [-0.39, 0.29) is 0 Å². The van der Waals surface area contributed by atoms with Crippen LogP contribution in [0.15, 0.2) is 18.2 Å². The van der Waals surface area contributed by atoms with Crippen LogP contribution in [0.3, 0.4) is 0 Å². The Morgan fingerprint density at radius 1 is 1.21 bits per heavy atom. The van der Waals surface area contributed by atoms with Crippen molar-refractivity contribution in [2.75, 3.05) is 12.1 Å². The van der Waals surface area contributed by atoms with Crippen molar-refractivity contribution in [2.24, 2.45) is 0 Å². The summed E-state index contributed by atoms with van der Waals surface area (Å²) in [5.41, 5.74) is 2.47. The first-order chi connectivity index (χ1) is 6.42. The molecule has 78 valence electrons. The molecule has 0 amide bonds. The smallest absolute Gasteiger partial charge is 0.144 e. The van der Waals surface area contributed by atoms with Gasteiger partial charge >= 0.3 is 0 Å². The van der Waals surface area contributed by atoms with E-state index in [1.165, 1.54) is 11.3 Å². The second-order valence-electron chi connectivity index (χ2n) is 4.56. The van der Waals surface area contributed by atoms with Gasteiger partial charge in [-0.1, -0.05) is 19.6 Å². The molecule has 0 aliphatic heterocycles. The minimum Gasteiger partial charge on any atom is -0.497 e. The van der Waals surface area contributed by atoms with Gasteiger partial charge in [-0.05, 0) is 30.7 Å². The van der Waals surface area contributed by atoms with Crippen molar-refractivity contribution in [3.8, 4) is 5.75 Å². The second kappa shape index (κ2) is 4.05. The molecule has 3 heteroatoms. The van der Waals surface area contributed by atoms with Crippen LogP contribution >= 0.6 is 0 Å². The molecule has 1 aromatic rings. The number of nitrogens with one attached hydrogen (secondary N) is 1. The summed E-state index contributed by atoms with van der Waals surface area (Å²) >= 11 is 0. The molecule has 2 nitrogen and oxygen atoms in total. The van der Waals surface area contributed by atoms with Crippen molar-refractivity contribution in [3.63, 3.8) is 0 Å². The topological polar surface area (TPSA) is 21.3 Å². The lowest BCUT2D eigenvalue weighted by Gasteiger charge is -2.21. The van der Waals surface area contributed by atoms with Gasteiger partial charge in [0.1, 0.15) is 14.0 Å². The van der Waals surface area contributed by atoms with Crippen molar-refractivity contribution >= 4 is 13.9 Å². The monoisotopic (exact) mass is 209 g/mol. The predicted molar refractivity (Wildman–Crippen MR) is 64.7 cm³/mol. The molecule has 0 heterocycles. The largest absolute Gasteiger partial charge is 0.497 e. The van der Waals surface area contributed by atoms with E-state index in [1.54, 1.807) is 7.11 Å². The minimum absolute atomic E-state index is 0.920. The van der Waals surface area contributed by atoms with Gasteiger partial charge in [0.15, 0.2) is 0 Å². The summed E-state index contributed by atoms with van der Waals surface area (Å²) in [5, 5.41) is 0. The molecular formula is C11H19NOSi. The zero-order valence-electron chi connectivity index (χ0n) is 9.64. The standard InChI is InChI=1S/C11H19NOSi/c1-9-8-10(13-2)6-7-11(9)12-14(3,4)5/h6-8,12H,1-5H3. The summed E-state index contributed by atoms with van der Waals surface area (Å²) in [6.45, 7) is 8.97. The molecule has 0 atom stereocenters. The highest BCUT2D eigenvalue weighted by molar-refractivity contribution is 6.79. The van der Waals surface area contributed by atoms with Gasteiger partial charge in [0.2, 0.25) is 0 Å². The highest BCUT2D eigenvalue weighted by Gasteiger charge is 2.13. The highest BCUT2D eigenvalue weighted by Crippen LogP contribution is 2.22. The van der Waals surface area contributed by atoms with Crippen LogP contribution in [0.5, 0.6) is 5.75 Å². The van der Waals surface area contributed by atoms with E-state index < -0.39 is 8.24 Å². The average molecular weight is 209 g/mol. The maximum atomic E-state index is 5.16. The normalized spacial score (nSPS) is 11.2. The fraction of sp³-hybridized carbons (Fsp3) is 0.455. The Kier molecular flexibility index (Phi) is 3.21. The molecule has 0 aliphatic rings. The van der Waals surface area contributed by atoms with Gasteiger partial charge in [0.25, 0.3) is 0 Å². The fourth-order valence-corrected chi connectivity index (χ4v) is 2.40. The second-order valence-corrected chi connectivity index (χ2v) is 9.31. The van der Waals surface area contributed by atoms with Gasteiger partial charge in [-0.15, -0.1) is 0 Å². The van der Waals surface area contributed by atoms with Crippen LogP contribution < -0.4 is 9.72 Å². The summed E-state index contributed by atoms with van der Waals surface area (Å²) < 4.78 is 5.16. The third-order valence-electron chi connectivity index (χ3n) is 1.94. The Labute approximate surface area is 87.4 Å². The molecule has 0 unspecified atom stereocenters. The van der Waals surface area contributed by atoms with E-state index in [2.05, 4.69) is 43.7 Å². The molecule has 0 saturated carbocycles. The number of rotatable bonds is 3. The van der Waals surface area contributed by atoms with Crippen molar-refractivity contribution in [3.05, 3.63) is 23.8 Å². The Morgan fingerprint density at radius 3 is 2.29 bits per heavy atom. The number of ether oxygens (including phenoxy) is 1. The molecule has 0 bridgehead atoms. The zero-order valence-corrected chi connectivity index (χ0v) is 10.6. The molecule has 14 heavy (non-hydrogen) atoms. The van der Waals surface area contributed by atoms with Crippen LogP contribution in [0.2, 0.25) is 19.6 Å². The lowest BCUT2D eigenvalue weighted by atomic mass is 10.2. The van der Waals surface area contributed by atoms with Gasteiger partial charge < -0.3 is 9.72 Å². The third-order valence-corrected chi connectivity index (χ3v) is 2.96. The Bertz CT molecular complexity index is 318. The van der Waals surface area contributed by atoms with Crippen molar-refractivity contribution in [1.82, 2.24) is 0 Å². The van der Waals surface area contributed by atoms with Crippen molar-refractivity contribution in [2.45, 2.75) is 26.6 Å². The summed E-state index contributed by atoms with van der Waals surface area (Å²) in [7, 11) is 0.447. The summed E-state index contributed by atoms with van der Waals surface area (Å²) in [4.78, 5) is 3.58. The molecule has 1 rings (SSSR count). The van der Waals surface area contributed by atoms with Crippen LogP contribution in [0.4, 0.5) is 5.69 Å². The average Bonchev–Trinajstić information content (AvgIpc) is 2.06. The first-order valence-corrected chi connectivity index (χ1v) is 8.35. The van der Waals surface area contributed by atoms with Crippen LogP contribution in [-0.4, -0.2) is 15.3 Å². The van der Waals surface area contributed by atoms with E-state index in [9.17, 15) is 0 Å². The van der Waals surface area contributed by atoms with Crippen LogP contribution in [-0.2, 0) is 0 Å². The van der Waals surface area contributed by atoms with Gasteiger partial charge in [-0.2, -0.15) is 0 Å². The molecule has 0 fully saturated rings. The fourth-order valence-electron chi connectivity index (χ4n) is 1.31. The van der Waals surface area contributed by atoms with Gasteiger partial charge in [0.05, 0.1) is 7.11 Å². The highest BCUT2D eigenvalue weighted by atomic mass is 28.3. The number of benzene rings is 1. The quantitative estimate of drug-likeness (QED) is 0.772. The molecule has 1 N–H and O–H groups in total. The van der Waals surface area contributed by atoms with E-state index in [4.69, 9.17) is 4.74 Å². The summed E-state index contributed by atoms with van der Waals surface area (Å²) in [6.07, 6.45) is 0. The van der Waals surface area contributed by atoms with E-state index in [0.717, 1.165) is 5.75 Å². The van der Waals surface area contributed by atoms with Gasteiger partial charge in [0, 0.05) is 5.69 Å². The van der Waals surface area contributed by atoms with E-state index in [0.29, 0.717) is 0 Å². The predicted octanol–water partition coefficient (Wildman–Crippen LogP) is 3.25. The Balaban J connectivity index is 2.89. The molecule has 0 aromatic heterocycles. The molecular weight excluding hydrogens is 190 g/mol. The van der Waals surface area contributed by atoms with Crippen molar-refractivity contribution < 1.29 is 4.74 Å². The molecule has 1 aromatic carbocycles. The summed E-state index contributed by atoms with van der Waals surface area (Å²) in [5.74, 6) is 0.920. The first-order valence-electron chi connectivity index (χ1n) is 4.85. The van der Waals surface area contributed by atoms with Crippen LogP contribution in [0.25, 0.3) is 0 Å². The van der Waals surface area contributed by atoms with E-state index >= 15 is 0 Å². The maximum Gasteiger partial charge on any atom is 0.144 e. The Hall–Kier alpha value is -0.963. The molecule has 0 spiro atoms. The zero-order chi connectivity index (χ0) is 10.8. The number of anilines is 1. The third kappa shape index (κ3) is 3.07. The SMILES string of the molecule is COc1ccc(N[Si](C)(C)C)c(C)c1. The van der Waals surface area contributed by atoms with Crippen LogP contribution in [0, 0.1) is 6.92 Å². The first kappa shape index (κ1) is 11.1. The van der Waals surface area contributed by atoms with Gasteiger partial charge in [-0.25, -0.2) is 0 Å². The maximum absolute atomic E-state index is 5.16. The number of aryl methyl sites for hydroxylation is 1. The lowest BCUT2D eigenvalue weighted by Crippen LogP contribution is -2.32. The lowest BCUT2D eigenvalue weighted by molar-refractivity contribution is 0.414. The van der Waals surface area contributed by atoms with Crippen LogP contribution in [0.1, 0.15) is 5.56 Å². The Morgan fingerprint density at radius 2 is 1.86 bits per heavy atom. The molecule has 0 aliphatic carbocycles. The summed E-state index contributed by atoms with van der Waals surface area (Å²) in [6, 6.07) is 6.14. The van der Waals surface area contributed by atoms with E-state index in [1.807, 2.05) is 6.07 Å².